The molecule has 8 heteroatoms. The van der Waals surface area contributed by atoms with Gasteiger partial charge < -0.3 is 14.7 Å². The van der Waals surface area contributed by atoms with E-state index in [9.17, 15) is 14.4 Å². The SMILES string of the molecule is O=C(Cc1cn[nH]c1)N1CCCN(C(=O)c2ccc(N3CCCC3=O)cc2)CC1. The van der Waals surface area contributed by atoms with Crippen molar-refractivity contribution in [3.05, 3.63) is 47.8 Å². The summed E-state index contributed by atoms with van der Waals surface area (Å²) >= 11 is 0. The highest BCUT2D eigenvalue weighted by Gasteiger charge is 2.24. The van der Waals surface area contributed by atoms with Gasteiger partial charge in [0.25, 0.3) is 5.91 Å². The fourth-order valence-corrected chi connectivity index (χ4v) is 3.92. The molecule has 2 fully saturated rings. The molecular formula is C21H25N5O3. The molecule has 0 unspecified atom stereocenters. The van der Waals surface area contributed by atoms with Crippen LogP contribution in [-0.4, -0.2) is 70.4 Å². The molecule has 3 heterocycles. The van der Waals surface area contributed by atoms with E-state index < -0.39 is 0 Å². The molecule has 8 nitrogen and oxygen atoms in total. The first kappa shape index (κ1) is 19.2. The second kappa shape index (κ2) is 8.46. The van der Waals surface area contributed by atoms with Crippen LogP contribution in [0.3, 0.4) is 0 Å². The Labute approximate surface area is 169 Å². The highest BCUT2D eigenvalue weighted by atomic mass is 16.2. The van der Waals surface area contributed by atoms with Crippen molar-refractivity contribution >= 4 is 23.4 Å². The fraction of sp³-hybridized carbons (Fsp3) is 0.429. The summed E-state index contributed by atoms with van der Waals surface area (Å²) in [5.74, 6) is 0.158. The van der Waals surface area contributed by atoms with Gasteiger partial charge >= 0.3 is 0 Å². The quantitative estimate of drug-likeness (QED) is 0.849. The number of carbonyl (C=O) groups is 3. The first-order valence-electron chi connectivity index (χ1n) is 10.1. The van der Waals surface area contributed by atoms with Crippen LogP contribution < -0.4 is 4.90 Å². The number of rotatable bonds is 4. The lowest BCUT2D eigenvalue weighted by Crippen LogP contribution is -2.38. The molecule has 0 aliphatic carbocycles. The van der Waals surface area contributed by atoms with Crippen LogP contribution in [-0.2, 0) is 16.0 Å². The second-order valence-corrected chi connectivity index (χ2v) is 7.51. The third-order valence-corrected chi connectivity index (χ3v) is 5.55. The molecular weight excluding hydrogens is 370 g/mol. The predicted octanol–water partition coefficient (Wildman–Crippen LogP) is 1.45. The maximum Gasteiger partial charge on any atom is 0.253 e. The van der Waals surface area contributed by atoms with Crippen LogP contribution in [0.4, 0.5) is 5.69 Å². The van der Waals surface area contributed by atoms with Crippen molar-refractivity contribution in [3.63, 3.8) is 0 Å². The summed E-state index contributed by atoms with van der Waals surface area (Å²) in [6.07, 6.45) is 5.92. The third kappa shape index (κ3) is 4.31. The van der Waals surface area contributed by atoms with Crippen molar-refractivity contribution in [1.29, 1.82) is 0 Å². The Kier molecular flexibility index (Phi) is 5.59. The van der Waals surface area contributed by atoms with Gasteiger partial charge in [-0.3, -0.25) is 19.5 Å². The van der Waals surface area contributed by atoms with E-state index in [-0.39, 0.29) is 17.7 Å². The lowest BCUT2D eigenvalue weighted by molar-refractivity contribution is -0.130. The molecule has 29 heavy (non-hydrogen) atoms. The van der Waals surface area contributed by atoms with Gasteiger partial charge in [-0.1, -0.05) is 0 Å². The van der Waals surface area contributed by atoms with Crippen molar-refractivity contribution in [2.24, 2.45) is 0 Å². The molecule has 1 N–H and O–H groups in total. The maximum absolute atomic E-state index is 12.9. The van der Waals surface area contributed by atoms with E-state index in [0.717, 1.165) is 30.6 Å². The lowest BCUT2D eigenvalue weighted by atomic mass is 10.1. The summed E-state index contributed by atoms with van der Waals surface area (Å²) in [6, 6.07) is 7.26. The van der Waals surface area contributed by atoms with E-state index in [4.69, 9.17) is 0 Å². The van der Waals surface area contributed by atoms with Gasteiger partial charge in [-0.05, 0) is 42.7 Å². The molecule has 2 aromatic rings. The Bertz CT molecular complexity index is 878. The van der Waals surface area contributed by atoms with Gasteiger partial charge in [-0.15, -0.1) is 0 Å². The molecule has 1 aromatic heterocycles. The van der Waals surface area contributed by atoms with Crippen LogP contribution in [0.15, 0.2) is 36.7 Å². The van der Waals surface area contributed by atoms with Gasteiger partial charge in [0.05, 0.1) is 12.6 Å². The summed E-state index contributed by atoms with van der Waals surface area (Å²) in [5.41, 5.74) is 2.32. The summed E-state index contributed by atoms with van der Waals surface area (Å²) < 4.78 is 0. The molecule has 1 aromatic carbocycles. The molecule has 2 aliphatic heterocycles. The van der Waals surface area contributed by atoms with Crippen LogP contribution in [0.1, 0.15) is 35.2 Å². The van der Waals surface area contributed by atoms with Crippen LogP contribution in [0.25, 0.3) is 0 Å². The largest absolute Gasteiger partial charge is 0.341 e. The van der Waals surface area contributed by atoms with Gasteiger partial charge in [0.1, 0.15) is 0 Å². The number of amides is 3. The Hall–Kier alpha value is -3.16. The number of carbonyl (C=O) groups excluding carboxylic acids is 3. The average molecular weight is 395 g/mol. The van der Waals surface area contributed by atoms with E-state index in [1.165, 1.54) is 0 Å². The molecule has 152 valence electrons. The van der Waals surface area contributed by atoms with Crippen molar-refractivity contribution in [3.8, 4) is 0 Å². The standard InChI is InChI=1S/C21H25N5O3/c27-19-3-1-10-26(19)18-6-4-17(5-7-18)21(29)25-9-2-8-24(11-12-25)20(28)13-16-14-22-23-15-16/h4-7,14-15H,1-3,8-13H2,(H,22,23). The van der Waals surface area contributed by atoms with Gasteiger partial charge in [0.15, 0.2) is 0 Å². The van der Waals surface area contributed by atoms with E-state index in [0.29, 0.717) is 44.6 Å². The monoisotopic (exact) mass is 395 g/mol. The molecule has 0 saturated carbocycles. The number of benzene rings is 1. The van der Waals surface area contributed by atoms with E-state index in [2.05, 4.69) is 10.2 Å². The molecule has 0 bridgehead atoms. The van der Waals surface area contributed by atoms with Gasteiger partial charge in [0.2, 0.25) is 11.8 Å². The zero-order chi connectivity index (χ0) is 20.2. The lowest BCUT2D eigenvalue weighted by Gasteiger charge is -2.22. The number of aromatic nitrogens is 2. The predicted molar refractivity (Wildman–Crippen MR) is 107 cm³/mol. The minimum atomic E-state index is -0.0339. The van der Waals surface area contributed by atoms with Crippen LogP contribution in [0.5, 0.6) is 0 Å². The van der Waals surface area contributed by atoms with Gasteiger partial charge in [0, 0.05) is 56.6 Å². The molecule has 0 atom stereocenters. The molecule has 3 amide bonds. The number of anilines is 1. The average Bonchev–Trinajstić information content (AvgIpc) is 3.33. The second-order valence-electron chi connectivity index (χ2n) is 7.51. The molecule has 0 radical (unpaired) electrons. The molecule has 2 aliphatic rings. The first-order chi connectivity index (χ1) is 14.1. The smallest absolute Gasteiger partial charge is 0.253 e. The zero-order valence-corrected chi connectivity index (χ0v) is 16.3. The van der Waals surface area contributed by atoms with Crippen LogP contribution >= 0.6 is 0 Å². The van der Waals surface area contributed by atoms with Crippen LogP contribution in [0, 0.1) is 0 Å². The minimum absolute atomic E-state index is 0.0339. The molecule has 4 rings (SSSR count). The number of nitrogens with one attached hydrogen (secondary N) is 1. The molecule has 0 spiro atoms. The highest BCUT2D eigenvalue weighted by molar-refractivity contribution is 5.97. The number of hydrogen-bond acceptors (Lipinski definition) is 4. The first-order valence-corrected chi connectivity index (χ1v) is 10.1. The Morgan fingerprint density at radius 2 is 1.72 bits per heavy atom. The number of H-pyrrole nitrogens is 1. The van der Waals surface area contributed by atoms with E-state index in [1.54, 1.807) is 34.3 Å². The summed E-state index contributed by atoms with van der Waals surface area (Å²) in [6.45, 7) is 3.06. The normalized spacial score (nSPS) is 17.5. The summed E-state index contributed by atoms with van der Waals surface area (Å²) in [5, 5.41) is 6.59. The number of nitrogens with zero attached hydrogens (tertiary/aromatic N) is 4. The van der Waals surface area contributed by atoms with Crippen molar-refractivity contribution < 1.29 is 14.4 Å². The maximum atomic E-state index is 12.9. The van der Waals surface area contributed by atoms with Crippen LogP contribution in [0.2, 0.25) is 0 Å². The highest BCUT2D eigenvalue weighted by Crippen LogP contribution is 2.22. The Balaban J connectivity index is 1.35. The van der Waals surface area contributed by atoms with Crippen molar-refractivity contribution in [2.45, 2.75) is 25.7 Å². The number of hydrogen-bond donors (Lipinski definition) is 1. The van der Waals surface area contributed by atoms with Gasteiger partial charge in [-0.2, -0.15) is 5.10 Å². The summed E-state index contributed by atoms with van der Waals surface area (Å²) in [4.78, 5) is 42.7. The van der Waals surface area contributed by atoms with Gasteiger partial charge in [-0.25, -0.2) is 0 Å². The van der Waals surface area contributed by atoms with Crippen molar-refractivity contribution in [2.75, 3.05) is 37.6 Å². The van der Waals surface area contributed by atoms with E-state index in [1.807, 2.05) is 17.0 Å². The van der Waals surface area contributed by atoms with E-state index >= 15 is 0 Å². The summed E-state index contributed by atoms with van der Waals surface area (Å²) in [7, 11) is 0. The zero-order valence-electron chi connectivity index (χ0n) is 16.3. The third-order valence-electron chi connectivity index (χ3n) is 5.55. The van der Waals surface area contributed by atoms with Crippen molar-refractivity contribution in [1.82, 2.24) is 20.0 Å². The number of aromatic amines is 1. The Morgan fingerprint density at radius 3 is 2.41 bits per heavy atom. The molecule has 2 saturated heterocycles. The topological polar surface area (TPSA) is 89.6 Å². The fourth-order valence-electron chi connectivity index (χ4n) is 3.92. The minimum Gasteiger partial charge on any atom is -0.341 e. The Morgan fingerprint density at radius 1 is 0.966 bits per heavy atom.